The summed E-state index contributed by atoms with van der Waals surface area (Å²) in [7, 11) is 0. The van der Waals surface area contributed by atoms with E-state index in [0.717, 1.165) is 0 Å². The Morgan fingerprint density at radius 1 is 1.27 bits per heavy atom. The lowest BCUT2D eigenvalue weighted by molar-refractivity contribution is -0.143. The lowest BCUT2D eigenvalue weighted by atomic mass is 10.2. The largest absolute Gasteiger partial charge is 0.480 e. The summed E-state index contributed by atoms with van der Waals surface area (Å²) >= 11 is 11.8. The quantitative estimate of drug-likeness (QED) is 0.759. The molecule has 0 saturated heterocycles. The molecular formula is C14H14Cl2N2O4. The molecule has 22 heavy (non-hydrogen) atoms. The topological polar surface area (TPSA) is 95.5 Å². The minimum atomic E-state index is -1.19. The van der Waals surface area contributed by atoms with E-state index in [4.69, 9.17) is 28.3 Å². The van der Waals surface area contributed by atoms with Gasteiger partial charge in [0.25, 0.3) is 5.91 Å². The third-order valence-corrected chi connectivity index (χ3v) is 4.28. The van der Waals surface area contributed by atoms with Crippen LogP contribution in [0.3, 0.4) is 0 Å². The number of hydrogen-bond donors (Lipinski definition) is 3. The average molecular weight is 345 g/mol. The van der Waals surface area contributed by atoms with E-state index in [1.165, 1.54) is 13.0 Å². The number of halogens is 2. The fraction of sp³-hybridized carbons (Fsp3) is 0.357. The van der Waals surface area contributed by atoms with Crippen LogP contribution in [0.5, 0.6) is 0 Å². The Balaban J connectivity index is 2.01. The Kier molecular flexibility index (Phi) is 4.63. The summed E-state index contributed by atoms with van der Waals surface area (Å²) < 4.78 is 0. The number of aliphatic carboxylic acids is 1. The molecule has 0 bridgehead atoms. The fourth-order valence-corrected chi connectivity index (χ4v) is 2.27. The van der Waals surface area contributed by atoms with E-state index in [9.17, 15) is 14.4 Å². The summed E-state index contributed by atoms with van der Waals surface area (Å²) in [6.45, 7) is 1.46. The van der Waals surface area contributed by atoms with Gasteiger partial charge in [-0.2, -0.15) is 0 Å². The van der Waals surface area contributed by atoms with Crippen LogP contribution in [0, 0.1) is 0 Å². The van der Waals surface area contributed by atoms with E-state index in [1.807, 2.05) is 0 Å². The minimum absolute atomic E-state index is 0.0958. The van der Waals surface area contributed by atoms with Crippen molar-refractivity contribution in [3.63, 3.8) is 0 Å². The molecule has 1 aromatic rings. The smallest absolute Gasteiger partial charge is 0.329 e. The van der Waals surface area contributed by atoms with Crippen molar-refractivity contribution in [2.45, 2.75) is 31.3 Å². The molecule has 1 unspecified atom stereocenters. The van der Waals surface area contributed by atoms with Crippen molar-refractivity contribution < 1.29 is 19.5 Å². The normalized spacial score (nSPS) is 16.5. The van der Waals surface area contributed by atoms with Gasteiger partial charge in [-0.3, -0.25) is 9.59 Å². The van der Waals surface area contributed by atoms with E-state index in [2.05, 4.69) is 10.6 Å². The van der Waals surface area contributed by atoms with Gasteiger partial charge in [-0.05, 0) is 31.9 Å². The number of carboxylic acids is 1. The average Bonchev–Trinajstić information content (AvgIpc) is 3.22. The molecule has 1 atom stereocenters. The lowest BCUT2D eigenvalue weighted by Gasteiger charge is -2.18. The van der Waals surface area contributed by atoms with Gasteiger partial charge in [-0.15, -0.1) is 0 Å². The van der Waals surface area contributed by atoms with E-state index < -0.39 is 29.4 Å². The van der Waals surface area contributed by atoms with Gasteiger partial charge in [0, 0.05) is 0 Å². The molecule has 0 radical (unpaired) electrons. The predicted octanol–water partition coefficient (Wildman–Crippen LogP) is 1.85. The van der Waals surface area contributed by atoms with Crippen molar-refractivity contribution in [1.29, 1.82) is 0 Å². The van der Waals surface area contributed by atoms with Gasteiger partial charge < -0.3 is 15.7 Å². The third kappa shape index (κ3) is 3.34. The first kappa shape index (κ1) is 16.6. The Morgan fingerprint density at radius 2 is 1.91 bits per heavy atom. The molecule has 2 rings (SSSR count). The van der Waals surface area contributed by atoms with Crippen LogP contribution in [0.1, 0.15) is 30.1 Å². The molecule has 1 aliphatic rings. The molecule has 6 nitrogen and oxygen atoms in total. The van der Waals surface area contributed by atoms with Crippen LogP contribution in [0.15, 0.2) is 18.2 Å². The first-order valence-electron chi connectivity index (χ1n) is 6.57. The summed E-state index contributed by atoms with van der Waals surface area (Å²) in [4.78, 5) is 35.1. The number of nitrogens with one attached hydrogen (secondary N) is 2. The van der Waals surface area contributed by atoms with E-state index in [-0.39, 0.29) is 15.6 Å². The van der Waals surface area contributed by atoms with Gasteiger partial charge in [0.1, 0.15) is 11.6 Å². The Bertz CT molecular complexity index is 644. The Morgan fingerprint density at radius 3 is 2.45 bits per heavy atom. The second-order valence-electron chi connectivity index (χ2n) is 5.17. The molecule has 8 heteroatoms. The van der Waals surface area contributed by atoms with Gasteiger partial charge in [0.05, 0.1) is 15.6 Å². The van der Waals surface area contributed by atoms with Crippen molar-refractivity contribution in [2.24, 2.45) is 0 Å². The van der Waals surface area contributed by atoms with Crippen molar-refractivity contribution >= 4 is 41.0 Å². The van der Waals surface area contributed by atoms with E-state index in [0.29, 0.717) is 12.8 Å². The number of rotatable bonds is 5. The summed E-state index contributed by atoms with van der Waals surface area (Å²) in [5.74, 6) is -2.20. The summed E-state index contributed by atoms with van der Waals surface area (Å²) in [5, 5.41) is 14.3. The summed E-state index contributed by atoms with van der Waals surface area (Å²) in [6.07, 6.45) is 0.768. The highest BCUT2D eigenvalue weighted by Crippen LogP contribution is 2.35. The monoisotopic (exact) mass is 344 g/mol. The molecule has 0 spiro atoms. The maximum atomic E-state index is 12.1. The number of carbonyl (C=O) groups is 3. The maximum absolute atomic E-state index is 12.1. The molecule has 0 aliphatic heterocycles. The summed E-state index contributed by atoms with van der Waals surface area (Å²) in [5.41, 5.74) is -1.04. The van der Waals surface area contributed by atoms with Crippen LogP contribution in [0.4, 0.5) is 0 Å². The Labute approximate surface area is 136 Å². The molecule has 1 fully saturated rings. The van der Waals surface area contributed by atoms with E-state index >= 15 is 0 Å². The number of carboxylic acid groups (broad SMARTS) is 1. The molecule has 3 N–H and O–H groups in total. The zero-order valence-electron chi connectivity index (χ0n) is 11.7. The molecule has 1 aliphatic carbocycles. The highest BCUT2D eigenvalue weighted by Gasteiger charge is 2.52. The van der Waals surface area contributed by atoms with Gasteiger partial charge in [-0.1, -0.05) is 29.3 Å². The SMILES string of the molecule is CC(NC(=O)c1cccc(Cl)c1Cl)C(=O)NC1(C(=O)O)CC1. The molecule has 118 valence electrons. The molecule has 1 aromatic carbocycles. The fourth-order valence-electron chi connectivity index (χ4n) is 1.88. The predicted molar refractivity (Wildman–Crippen MR) is 81.1 cm³/mol. The van der Waals surface area contributed by atoms with Crippen LogP contribution in [0.25, 0.3) is 0 Å². The van der Waals surface area contributed by atoms with Crippen molar-refractivity contribution in [3.8, 4) is 0 Å². The highest BCUT2D eigenvalue weighted by atomic mass is 35.5. The Hall–Kier alpha value is -1.79. The summed E-state index contributed by atoms with van der Waals surface area (Å²) in [6, 6.07) is 3.69. The van der Waals surface area contributed by atoms with Gasteiger partial charge in [-0.25, -0.2) is 4.79 Å². The first-order chi connectivity index (χ1) is 10.3. The first-order valence-corrected chi connectivity index (χ1v) is 7.33. The van der Waals surface area contributed by atoms with Crippen LogP contribution < -0.4 is 10.6 Å². The molecular weight excluding hydrogens is 331 g/mol. The minimum Gasteiger partial charge on any atom is -0.480 e. The second kappa shape index (κ2) is 6.14. The number of carbonyl (C=O) groups excluding carboxylic acids is 2. The zero-order chi connectivity index (χ0) is 16.5. The van der Waals surface area contributed by atoms with Crippen LogP contribution >= 0.6 is 23.2 Å². The van der Waals surface area contributed by atoms with Crippen molar-refractivity contribution in [2.75, 3.05) is 0 Å². The van der Waals surface area contributed by atoms with Crippen LogP contribution in [0.2, 0.25) is 10.0 Å². The van der Waals surface area contributed by atoms with Gasteiger partial charge in [0.15, 0.2) is 0 Å². The third-order valence-electron chi connectivity index (χ3n) is 3.46. The second-order valence-corrected chi connectivity index (χ2v) is 5.96. The maximum Gasteiger partial charge on any atom is 0.329 e. The number of hydrogen-bond acceptors (Lipinski definition) is 3. The van der Waals surface area contributed by atoms with Crippen LogP contribution in [-0.4, -0.2) is 34.5 Å². The zero-order valence-corrected chi connectivity index (χ0v) is 13.2. The molecule has 1 saturated carbocycles. The van der Waals surface area contributed by atoms with Gasteiger partial charge in [0.2, 0.25) is 5.91 Å². The van der Waals surface area contributed by atoms with Crippen LogP contribution in [-0.2, 0) is 9.59 Å². The number of amides is 2. The van der Waals surface area contributed by atoms with Crippen molar-refractivity contribution in [3.05, 3.63) is 33.8 Å². The molecule has 0 heterocycles. The van der Waals surface area contributed by atoms with Crippen molar-refractivity contribution in [1.82, 2.24) is 10.6 Å². The number of benzene rings is 1. The highest BCUT2D eigenvalue weighted by molar-refractivity contribution is 6.43. The van der Waals surface area contributed by atoms with E-state index in [1.54, 1.807) is 12.1 Å². The standard InChI is InChI=1S/C14H14Cl2N2O4/c1-7(11(19)18-14(5-6-14)13(21)22)17-12(20)8-3-2-4-9(15)10(8)16/h2-4,7H,5-6H2,1H3,(H,17,20)(H,18,19)(H,21,22). The van der Waals surface area contributed by atoms with Gasteiger partial charge >= 0.3 is 5.97 Å². The lowest BCUT2D eigenvalue weighted by Crippen LogP contribution is -2.51. The molecule has 2 amide bonds. The molecule has 0 aromatic heterocycles.